The molecule has 3 aromatic rings. The summed E-state index contributed by atoms with van der Waals surface area (Å²) in [5.41, 5.74) is 2.14. The number of nitrogens with one attached hydrogen (secondary N) is 1. The Kier molecular flexibility index (Phi) is 6.34. The molecule has 1 heterocycles. The number of aryl methyl sites for hydroxylation is 1. The number of ether oxygens (including phenoxy) is 2. The van der Waals surface area contributed by atoms with Crippen molar-refractivity contribution in [2.45, 2.75) is 13.5 Å². The van der Waals surface area contributed by atoms with Crippen LogP contribution >= 0.6 is 11.6 Å². The van der Waals surface area contributed by atoms with E-state index in [-0.39, 0.29) is 0 Å². The first-order valence-corrected chi connectivity index (χ1v) is 8.84. The van der Waals surface area contributed by atoms with Gasteiger partial charge >= 0.3 is 0 Å². The van der Waals surface area contributed by atoms with E-state index in [0.717, 1.165) is 22.9 Å². The molecule has 1 N–H and O–H groups in total. The lowest BCUT2D eigenvalue weighted by Crippen LogP contribution is -2.11. The topological polar surface area (TPSA) is 43.4 Å². The number of pyridine rings is 1. The molecule has 0 saturated heterocycles. The number of halogens is 1. The summed E-state index contributed by atoms with van der Waals surface area (Å²) in [6, 6.07) is 19.3. The SMILES string of the molecule is Cc1cccc(OCCOc2ccc(Cl)cc2CNc2ccccn2)c1. The smallest absolute Gasteiger partial charge is 0.126 e. The number of hydrogen-bond acceptors (Lipinski definition) is 4. The van der Waals surface area contributed by atoms with E-state index < -0.39 is 0 Å². The largest absolute Gasteiger partial charge is 0.490 e. The Morgan fingerprint density at radius 1 is 0.962 bits per heavy atom. The number of rotatable bonds is 8. The average Bonchev–Trinajstić information content (AvgIpc) is 2.66. The van der Waals surface area contributed by atoms with E-state index >= 15 is 0 Å². The van der Waals surface area contributed by atoms with E-state index in [9.17, 15) is 0 Å². The third-order valence-electron chi connectivity index (χ3n) is 3.75. The molecule has 0 bridgehead atoms. The maximum absolute atomic E-state index is 6.13. The van der Waals surface area contributed by atoms with Gasteiger partial charge in [-0.25, -0.2) is 4.98 Å². The lowest BCUT2D eigenvalue weighted by Gasteiger charge is -2.14. The van der Waals surface area contributed by atoms with E-state index in [2.05, 4.69) is 10.3 Å². The van der Waals surface area contributed by atoms with Crippen molar-refractivity contribution < 1.29 is 9.47 Å². The molecule has 134 valence electrons. The molecule has 0 amide bonds. The van der Waals surface area contributed by atoms with Gasteiger partial charge in [-0.05, 0) is 55.0 Å². The first-order valence-electron chi connectivity index (χ1n) is 8.46. The standard InChI is InChI=1S/C21H21ClN2O2/c1-16-5-4-6-19(13-16)25-11-12-26-20-9-8-18(22)14-17(20)15-24-21-7-2-3-10-23-21/h2-10,13-14H,11-12,15H2,1H3,(H,23,24). The Hall–Kier alpha value is -2.72. The molecule has 4 nitrogen and oxygen atoms in total. The van der Waals surface area contributed by atoms with Crippen LogP contribution < -0.4 is 14.8 Å². The van der Waals surface area contributed by atoms with Crippen molar-refractivity contribution in [1.82, 2.24) is 4.98 Å². The van der Waals surface area contributed by atoms with Gasteiger partial charge in [-0.2, -0.15) is 0 Å². The Morgan fingerprint density at radius 3 is 2.65 bits per heavy atom. The summed E-state index contributed by atoms with van der Waals surface area (Å²) in [5, 5.41) is 3.94. The van der Waals surface area contributed by atoms with Crippen LogP contribution in [0.3, 0.4) is 0 Å². The molecule has 1 aromatic heterocycles. The zero-order valence-corrected chi connectivity index (χ0v) is 15.4. The van der Waals surface area contributed by atoms with Crippen molar-refractivity contribution in [2.75, 3.05) is 18.5 Å². The number of aromatic nitrogens is 1. The lowest BCUT2D eigenvalue weighted by molar-refractivity contribution is 0.216. The monoisotopic (exact) mass is 368 g/mol. The van der Waals surface area contributed by atoms with Crippen LogP contribution in [-0.4, -0.2) is 18.2 Å². The number of hydrogen-bond donors (Lipinski definition) is 1. The molecule has 0 atom stereocenters. The molecule has 0 radical (unpaired) electrons. The summed E-state index contributed by atoms with van der Waals surface area (Å²) in [4.78, 5) is 4.26. The molecule has 2 aromatic carbocycles. The molecule has 0 aliphatic rings. The molecule has 0 saturated carbocycles. The quantitative estimate of drug-likeness (QED) is 0.561. The summed E-state index contributed by atoms with van der Waals surface area (Å²) < 4.78 is 11.6. The molecule has 26 heavy (non-hydrogen) atoms. The highest BCUT2D eigenvalue weighted by Gasteiger charge is 2.06. The van der Waals surface area contributed by atoms with Crippen molar-refractivity contribution >= 4 is 17.4 Å². The molecule has 0 aliphatic heterocycles. The van der Waals surface area contributed by atoms with Crippen molar-refractivity contribution in [3.63, 3.8) is 0 Å². The Balaban J connectivity index is 1.55. The first-order chi connectivity index (χ1) is 12.7. The minimum Gasteiger partial charge on any atom is -0.490 e. The zero-order chi connectivity index (χ0) is 18.2. The summed E-state index contributed by atoms with van der Waals surface area (Å²) in [5.74, 6) is 2.44. The Morgan fingerprint density at radius 2 is 1.85 bits per heavy atom. The number of nitrogens with zero attached hydrogens (tertiary/aromatic N) is 1. The second kappa shape index (κ2) is 9.11. The van der Waals surface area contributed by atoms with Crippen LogP contribution in [0.1, 0.15) is 11.1 Å². The van der Waals surface area contributed by atoms with Crippen LogP contribution in [0.5, 0.6) is 11.5 Å². The fourth-order valence-corrected chi connectivity index (χ4v) is 2.69. The molecule has 0 unspecified atom stereocenters. The summed E-state index contributed by atoms with van der Waals surface area (Å²) >= 11 is 6.13. The summed E-state index contributed by atoms with van der Waals surface area (Å²) in [6.07, 6.45) is 1.75. The predicted molar refractivity (Wildman–Crippen MR) is 105 cm³/mol. The zero-order valence-electron chi connectivity index (χ0n) is 14.6. The maximum atomic E-state index is 6.13. The second-order valence-electron chi connectivity index (χ2n) is 5.83. The van der Waals surface area contributed by atoms with Gasteiger partial charge in [-0.15, -0.1) is 0 Å². The van der Waals surface area contributed by atoms with Crippen molar-refractivity contribution in [1.29, 1.82) is 0 Å². The maximum Gasteiger partial charge on any atom is 0.126 e. The van der Waals surface area contributed by atoms with Crippen LogP contribution in [0.4, 0.5) is 5.82 Å². The van der Waals surface area contributed by atoms with Gasteiger partial charge in [0.25, 0.3) is 0 Å². The van der Waals surface area contributed by atoms with Crippen LogP contribution in [0.2, 0.25) is 5.02 Å². The van der Waals surface area contributed by atoms with Gasteiger partial charge in [0.15, 0.2) is 0 Å². The molecule has 0 fully saturated rings. The van der Waals surface area contributed by atoms with E-state index in [1.807, 2.05) is 67.6 Å². The van der Waals surface area contributed by atoms with Crippen LogP contribution in [-0.2, 0) is 6.54 Å². The summed E-state index contributed by atoms with van der Waals surface area (Å²) in [7, 11) is 0. The Labute approximate surface area is 158 Å². The highest BCUT2D eigenvalue weighted by Crippen LogP contribution is 2.24. The Bertz CT molecular complexity index is 840. The normalized spacial score (nSPS) is 10.4. The summed E-state index contributed by atoms with van der Waals surface area (Å²) in [6.45, 7) is 3.54. The number of anilines is 1. The van der Waals surface area contributed by atoms with E-state index in [1.54, 1.807) is 6.20 Å². The fourth-order valence-electron chi connectivity index (χ4n) is 2.50. The molecule has 5 heteroatoms. The number of benzene rings is 2. The van der Waals surface area contributed by atoms with Gasteiger partial charge in [0.1, 0.15) is 30.5 Å². The predicted octanol–water partition coefficient (Wildman–Crippen LogP) is 5.11. The van der Waals surface area contributed by atoms with Gasteiger partial charge < -0.3 is 14.8 Å². The highest BCUT2D eigenvalue weighted by atomic mass is 35.5. The minimum atomic E-state index is 0.451. The third kappa shape index (κ3) is 5.39. The third-order valence-corrected chi connectivity index (χ3v) is 3.98. The van der Waals surface area contributed by atoms with Crippen molar-refractivity contribution in [3.8, 4) is 11.5 Å². The molecular weight excluding hydrogens is 348 g/mol. The molecular formula is C21H21ClN2O2. The van der Waals surface area contributed by atoms with Gasteiger partial charge in [0.2, 0.25) is 0 Å². The minimum absolute atomic E-state index is 0.451. The van der Waals surface area contributed by atoms with Gasteiger partial charge in [0, 0.05) is 23.3 Å². The average molecular weight is 369 g/mol. The van der Waals surface area contributed by atoms with Gasteiger partial charge in [-0.3, -0.25) is 0 Å². The van der Waals surface area contributed by atoms with Crippen LogP contribution in [0.25, 0.3) is 0 Å². The lowest BCUT2D eigenvalue weighted by atomic mass is 10.2. The van der Waals surface area contributed by atoms with E-state index in [0.29, 0.717) is 24.8 Å². The van der Waals surface area contributed by atoms with Gasteiger partial charge in [-0.1, -0.05) is 29.8 Å². The van der Waals surface area contributed by atoms with Gasteiger partial charge in [0.05, 0.1) is 0 Å². The molecule has 3 rings (SSSR count). The van der Waals surface area contributed by atoms with Crippen molar-refractivity contribution in [3.05, 3.63) is 83.0 Å². The molecule has 0 spiro atoms. The van der Waals surface area contributed by atoms with E-state index in [1.165, 1.54) is 5.56 Å². The fraction of sp³-hybridized carbons (Fsp3) is 0.190. The highest BCUT2D eigenvalue weighted by molar-refractivity contribution is 6.30. The second-order valence-corrected chi connectivity index (χ2v) is 6.27. The van der Waals surface area contributed by atoms with Crippen LogP contribution in [0, 0.1) is 6.92 Å². The molecule has 0 aliphatic carbocycles. The van der Waals surface area contributed by atoms with Crippen molar-refractivity contribution in [2.24, 2.45) is 0 Å². The van der Waals surface area contributed by atoms with Crippen LogP contribution in [0.15, 0.2) is 66.9 Å². The first kappa shape index (κ1) is 18.1. The van der Waals surface area contributed by atoms with E-state index in [4.69, 9.17) is 21.1 Å².